The molecule has 21 heavy (non-hydrogen) atoms. The maximum Gasteiger partial charge on any atom is 0.387 e. The predicted molar refractivity (Wildman–Crippen MR) is 71.9 cm³/mol. The molecule has 2 atom stereocenters. The van der Waals surface area contributed by atoms with Gasteiger partial charge in [-0.25, -0.2) is 8.42 Å². The van der Waals surface area contributed by atoms with E-state index < -0.39 is 32.5 Å². The number of hydrogen-bond acceptors (Lipinski definition) is 4. The summed E-state index contributed by atoms with van der Waals surface area (Å²) >= 11 is 0. The highest BCUT2D eigenvalue weighted by Crippen LogP contribution is 2.49. The number of fused-ring (bicyclic) bond motifs is 2. The summed E-state index contributed by atoms with van der Waals surface area (Å²) in [5.74, 6) is -0.0892. The van der Waals surface area contributed by atoms with E-state index in [9.17, 15) is 22.3 Å². The lowest BCUT2D eigenvalue weighted by molar-refractivity contribution is -0.0557. The SMILES string of the molecule is O=S1(=O)C2CCC1CC(O)(c1ccccc1OC(F)F)C2. The molecule has 3 rings (SSSR count). The molecule has 2 unspecified atom stereocenters. The van der Waals surface area contributed by atoms with Crippen molar-refractivity contribution in [2.45, 2.75) is 48.4 Å². The number of rotatable bonds is 3. The molecular weight excluding hydrogens is 302 g/mol. The maximum atomic E-state index is 12.5. The fourth-order valence-corrected chi connectivity index (χ4v) is 6.00. The molecule has 1 aromatic rings. The monoisotopic (exact) mass is 318 g/mol. The second kappa shape index (κ2) is 4.91. The van der Waals surface area contributed by atoms with Crippen molar-refractivity contribution in [1.82, 2.24) is 0 Å². The van der Waals surface area contributed by atoms with E-state index >= 15 is 0 Å². The Kier molecular flexibility index (Phi) is 3.44. The third-order valence-electron chi connectivity index (χ3n) is 4.48. The highest BCUT2D eigenvalue weighted by Gasteiger charge is 2.53. The summed E-state index contributed by atoms with van der Waals surface area (Å²) in [7, 11) is -3.19. The average Bonchev–Trinajstić information content (AvgIpc) is 2.59. The Hall–Kier alpha value is -1.21. The van der Waals surface area contributed by atoms with Crippen LogP contribution >= 0.6 is 0 Å². The fraction of sp³-hybridized carbons (Fsp3) is 0.571. The van der Waals surface area contributed by atoms with Crippen LogP contribution in [0.4, 0.5) is 8.78 Å². The first-order valence-corrected chi connectivity index (χ1v) is 8.43. The van der Waals surface area contributed by atoms with Crippen LogP contribution in [0, 0.1) is 0 Å². The van der Waals surface area contributed by atoms with Crippen molar-refractivity contribution in [2.75, 3.05) is 0 Å². The summed E-state index contributed by atoms with van der Waals surface area (Å²) < 4.78 is 53.6. The van der Waals surface area contributed by atoms with Crippen LogP contribution in [0.2, 0.25) is 0 Å². The van der Waals surface area contributed by atoms with Crippen LogP contribution in [0.3, 0.4) is 0 Å². The van der Waals surface area contributed by atoms with Crippen molar-refractivity contribution >= 4 is 9.84 Å². The van der Waals surface area contributed by atoms with Gasteiger partial charge < -0.3 is 9.84 Å². The number of halogens is 2. The van der Waals surface area contributed by atoms with E-state index in [1.807, 2.05) is 0 Å². The van der Waals surface area contributed by atoms with Crippen LogP contribution in [0.15, 0.2) is 24.3 Å². The second-order valence-corrected chi connectivity index (χ2v) is 8.24. The molecule has 0 aromatic heterocycles. The molecule has 1 N–H and O–H groups in total. The van der Waals surface area contributed by atoms with Crippen LogP contribution in [-0.4, -0.2) is 30.6 Å². The Bertz CT molecular complexity index is 624. The molecule has 2 saturated heterocycles. The summed E-state index contributed by atoms with van der Waals surface area (Å²) in [4.78, 5) is 0. The fourth-order valence-electron chi connectivity index (χ4n) is 3.52. The second-order valence-electron chi connectivity index (χ2n) is 5.72. The molecule has 7 heteroatoms. The van der Waals surface area contributed by atoms with Crippen molar-refractivity contribution in [1.29, 1.82) is 0 Å². The van der Waals surface area contributed by atoms with Gasteiger partial charge in [0, 0.05) is 5.56 Å². The van der Waals surface area contributed by atoms with Crippen LogP contribution in [-0.2, 0) is 15.4 Å². The standard InChI is InChI=1S/C14H16F2O4S/c15-13(16)20-12-4-2-1-3-11(12)14(17)7-9-5-6-10(8-14)21(9,18)19/h1-4,9-10,13,17H,5-8H2. The van der Waals surface area contributed by atoms with Gasteiger partial charge in [-0.05, 0) is 31.7 Å². The molecule has 0 amide bonds. The van der Waals surface area contributed by atoms with Gasteiger partial charge in [-0.1, -0.05) is 18.2 Å². The predicted octanol–water partition coefficient (Wildman–Crippen LogP) is 2.22. The molecule has 2 heterocycles. The van der Waals surface area contributed by atoms with E-state index in [0.717, 1.165) is 0 Å². The van der Waals surface area contributed by atoms with Crippen molar-refractivity contribution < 1.29 is 27.0 Å². The van der Waals surface area contributed by atoms with Gasteiger partial charge in [0.1, 0.15) is 5.75 Å². The van der Waals surface area contributed by atoms with E-state index in [0.29, 0.717) is 12.8 Å². The van der Waals surface area contributed by atoms with Crippen molar-refractivity contribution in [3.63, 3.8) is 0 Å². The quantitative estimate of drug-likeness (QED) is 0.928. The molecule has 4 nitrogen and oxygen atoms in total. The van der Waals surface area contributed by atoms with Crippen LogP contribution in [0.5, 0.6) is 5.75 Å². The minimum Gasteiger partial charge on any atom is -0.434 e. The first-order valence-electron chi connectivity index (χ1n) is 6.82. The summed E-state index contributed by atoms with van der Waals surface area (Å²) in [5, 5.41) is 9.67. The third kappa shape index (κ3) is 2.42. The molecule has 0 saturated carbocycles. The summed E-state index contributed by atoms with van der Waals surface area (Å²) in [5.41, 5.74) is -1.18. The van der Waals surface area contributed by atoms with Crippen LogP contribution in [0.25, 0.3) is 0 Å². The Morgan fingerprint density at radius 3 is 2.33 bits per heavy atom. The topological polar surface area (TPSA) is 63.6 Å². The number of benzene rings is 1. The van der Waals surface area contributed by atoms with Crippen LogP contribution in [0.1, 0.15) is 31.2 Å². The molecule has 2 fully saturated rings. The number of para-hydroxylation sites is 1. The van der Waals surface area contributed by atoms with E-state index in [2.05, 4.69) is 4.74 Å². The van der Waals surface area contributed by atoms with Crippen molar-refractivity contribution in [3.8, 4) is 5.75 Å². The first-order chi connectivity index (χ1) is 9.83. The lowest BCUT2D eigenvalue weighted by atomic mass is 9.85. The van der Waals surface area contributed by atoms with Gasteiger partial charge >= 0.3 is 6.61 Å². The zero-order chi connectivity index (χ0) is 15.3. The van der Waals surface area contributed by atoms with Gasteiger partial charge in [0.05, 0.1) is 16.1 Å². The van der Waals surface area contributed by atoms with Gasteiger partial charge in [0.25, 0.3) is 0 Å². The first kappa shape index (κ1) is 14.7. The number of sulfone groups is 1. The molecule has 0 aliphatic carbocycles. The van der Waals surface area contributed by atoms with Gasteiger partial charge in [0.2, 0.25) is 0 Å². The maximum absolute atomic E-state index is 12.5. The normalized spacial score (nSPS) is 34.1. The Morgan fingerprint density at radius 2 is 1.76 bits per heavy atom. The van der Waals surface area contributed by atoms with Crippen molar-refractivity contribution in [3.05, 3.63) is 29.8 Å². The molecule has 2 bridgehead atoms. The summed E-state index contributed by atoms with van der Waals surface area (Å²) in [6.45, 7) is -2.99. The Labute approximate surface area is 121 Å². The molecule has 0 spiro atoms. The zero-order valence-electron chi connectivity index (χ0n) is 11.2. The Morgan fingerprint density at radius 1 is 1.19 bits per heavy atom. The molecule has 2 aliphatic heterocycles. The molecule has 116 valence electrons. The summed E-state index contributed by atoms with van der Waals surface area (Å²) in [6.07, 6.45) is 1.12. The largest absolute Gasteiger partial charge is 0.434 e. The summed E-state index contributed by atoms with van der Waals surface area (Å²) in [6, 6.07) is 6.05. The highest BCUT2D eigenvalue weighted by atomic mass is 32.2. The van der Waals surface area contributed by atoms with Gasteiger partial charge in [-0.3, -0.25) is 0 Å². The molecular formula is C14H16F2O4S. The number of hydrogen-bond donors (Lipinski definition) is 1. The lowest BCUT2D eigenvalue weighted by Crippen LogP contribution is -2.43. The average molecular weight is 318 g/mol. The van der Waals surface area contributed by atoms with E-state index in [1.54, 1.807) is 12.1 Å². The Balaban J connectivity index is 1.98. The molecule has 0 radical (unpaired) electrons. The minimum absolute atomic E-state index is 0.0371. The number of aliphatic hydroxyl groups is 1. The molecule has 1 aromatic carbocycles. The van der Waals surface area contributed by atoms with E-state index in [4.69, 9.17) is 0 Å². The number of ether oxygens (including phenoxy) is 1. The lowest BCUT2D eigenvalue weighted by Gasteiger charge is -2.37. The van der Waals surface area contributed by atoms with Crippen LogP contribution < -0.4 is 4.74 Å². The van der Waals surface area contributed by atoms with E-state index in [1.165, 1.54) is 12.1 Å². The zero-order valence-corrected chi connectivity index (χ0v) is 12.0. The minimum atomic E-state index is -3.19. The smallest absolute Gasteiger partial charge is 0.387 e. The van der Waals surface area contributed by atoms with Gasteiger partial charge in [0.15, 0.2) is 9.84 Å². The van der Waals surface area contributed by atoms with Crippen molar-refractivity contribution in [2.24, 2.45) is 0 Å². The third-order valence-corrected chi connectivity index (χ3v) is 7.14. The van der Waals surface area contributed by atoms with Gasteiger partial charge in [-0.2, -0.15) is 8.78 Å². The number of alkyl halides is 2. The van der Waals surface area contributed by atoms with Gasteiger partial charge in [-0.15, -0.1) is 0 Å². The molecule has 2 aliphatic rings. The van der Waals surface area contributed by atoms with E-state index in [-0.39, 0.29) is 24.2 Å². The highest BCUT2D eigenvalue weighted by molar-refractivity contribution is 7.93.